The summed E-state index contributed by atoms with van der Waals surface area (Å²) in [6, 6.07) is 7.51. The Hall–Kier alpha value is -1.69. The third-order valence-electron chi connectivity index (χ3n) is 4.78. The molecule has 2 saturated heterocycles. The van der Waals surface area contributed by atoms with E-state index in [1.54, 1.807) is 12.0 Å². The Morgan fingerprint density at radius 2 is 2.17 bits per heavy atom. The zero-order valence-electron chi connectivity index (χ0n) is 13.3. The van der Waals surface area contributed by atoms with Crippen LogP contribution in [0.4, 0.5) is 8.78 Å². The molecule has 1 N–H and O–H groups in total. The van der Waals surface area contributed by atoms with Gasteiger partial charge in [0.05, 0.1) is 19.1 Å². The minimum absolute atomic E-state index is 0.154. The maximum Gasteiger partial charge on any atom is 0.261 e. The summed E-state index contributed by atoms with van der Waals surface area (Å²) < 4.78 is 32.8. The van der Waals surface area contributed by atoms with Crippen LogP contribution in [0.2, 0.25) is 0 Å². The number of methoxy groups -OCH3 is 1. The van der Waals surface area contributed by atoms with Crippen LogP contribution >= 0.6 is 0 Å². The highest BCUT2D eigenvalue weighted by Crippen LogP contribution is 2.42. The number of ether oxygens (including phenoxy) is 1. The summed E-state index contributed by atoms with van der Waals surface area (Å²) in [6.45, 7) is 1.06. The molecule has 1 aromatic carbocycles. The third-order valence-corrected chi connectivity index (χ3v) is 4.78. The van der Waals surface area contributed by atoms with Crippen LogP contribution in [0.5, 0.6) is 5.75 Å². The van der Waals surface area contributed by atoms with Crippen LogP contribution in [-0.4, -0.2) is 43.5 Å². The van der Waals surface area contributed by atoms with Crippen LogP contribution in [0.15, 0.2) is 24.3 Å². The predicted molar refractivity (Wildman–Crippen MR) is 82.5 cm³/mol. The van der Waals surface area contributed by atoms with Gasteiger partial charge in [-0.25, -0.2) is 8.78 Å². The minimum Gasteiger partial charge on any atom is -0.497 e. The molecule has 2 fully saturated rings. The van der Waals surface area contributed by atoms with Gasteiger partial charge in [-0.05, 0) is 30.5 Å². The van der Waals surface area contributed by atoms with E-state index in [2.05, 4.69) is 5.32 Å². The maximum atomic E-state index is 13.8. The first-order chi connectivity index (χ1) is 10.9. The number of halogens is 2. The van der Waals surface area contributed by atoms with Gasteiger partial charge in [-0.1, -0.05) is 12.1 Å². The molecule has 1 aromatic rings. The molecule has 1 amide bonds. The summed E-state index contributed by atoms with van der Waals surface area (Å²) in [4.78, 5) is 14.6. The zero-order valence-corrected chi connectivity index (χ0v) is 13.3. The molecule has 1 spiro atoms. The van der Waals surface area contributed by atoms with E-state index in [0.29, 0.717) is 26.1 Å². The predicted octanol–water partition coefficient (Wildman–Crippen LogP) is 2.43. The van der Waals surface area contributed by atoms with Gasteiger partial charge in [0.25, 0.3) is 5.92 Å². The molecule has 0 radical (unpaired) electrons. The standard InChI is InChI=1S/C17H22F2N2O2/c1-23-14-5-2-4-13(8-14)9-21-7-3-6-16(15(21)22)10-17(18,19)12-20-11-16/h2,4-5,8,20H,3,6-7,9-12H2,1H3. The van der Waals surface area contributed by atoms with Gasteiger partial charge in [-0.2, -0.15) is 0 Å². The third kappa shape index (κ3) is 3.32. The van der Waals surface area contributed by atoms with E-state index < -0.39 is 11.3 Å². The Bertz CT molecular complexity index is 590. The average molecular weight is 324 g/mol. The van der Waals surface area contributed by atoms with E-state index >= 15 is 0 Å². The summed E-state index contributed by atoms with van der Waals surface area (Å²) >= 11 is 0. The number of benzene rings is 1. The number of alkyl halides is 2. The molecule has 4 nitrogen and oxygen atoms in total. The fraction of sp³-hybridized carbons (Fsp3) is 0.588. The van der Waals surface area contributed by atoms with Gasteiger partial charge in [-0.15, -0.1) is 0 Å². The van der Waals surface area contributed by atoms with Gasteiger partial charge in [0.2, 0.25) is 5.91 Å². The van der Waals surface area contributed by atoms with Crippen molar-refractivity contribution in [2.75, 3.05) is 26.7 Å². The Morgan fingerprint density at radius 3 is 2.91 bits per heavy atom. The van der Waals surface area contributed by atoms with Crippen molar-refractivity contribution in [2.45, 2.75) is 31.7 Å². The van der Waals surface area contributed by atoms with Crippen LogP contribution in [0.3, 0.4) is 0 Å². The van der Waals surface area contributed by atoms with Crippen molar-refractivity contribution in [1.29, 1.82) is 0 Å². The molecule has 0 bridgehead atoms. The molecule has 2 heterocycles. The molecule has 1 unspecified atom stereocenters. The number of nitrogens with zero attached hydrogens (tertiary/aromatic N) is 1. The number of nitrogens with one attached hydrogen (secondary N) is 1. The average Bonchev–Trinajstić information content (AvgIpc) is 2.51. The molecule has 126 valence electrons. The number of hydrogen-bond donors (Lipinski definition) is 1. The highest BCUT2D eigenvalue weighted by Gasteiger charge is 2.52. The minimum atomic E-state index is -2.81. The van der Waals surface area contributed by atoms with Gasteiger partial charge in [0.15, 0.2) is 0 Å². The van der Waals surface area contributed by atoms with Crippen molar-refractivity contribution in [3.63, 3.8) is 0 Å². The second kappa shape index (κ2) is 6.07. The fourth-order valence-electron chi connectivity index (χ4n) is 3.73. The van der Waals surface area contributed by atoms with Crippen molar-refractivity contribution in [2.24, 2.45) is 5.41 Å². The number of piperidine rings is 2. The molecular weight excluding hydrogens is 302 g/mol. The van der Waals surface area contributed by atoms with Gasteiger partial charge in [0.1, 0.15) is 5.75 Å². The van der Waals surface area contributed by atoms with Crippen molar-refractivity contribution >= 4 is 5.91 Å². The maximum absolute atomic E-state index is 13.8. The summed E-state index contributed by atoms with van der Waals surface area (Å²) in [6.07, 6.45) is 0.941. The fourth-order valence-corrected chi connectivity index (χ4v) is 3.73. The molecule has 0 aliphatic carbocycles. The monoisotopic (exact) mass is 324 g/mol. The van der Waals surface area contributed by atoms with E-state index in [9.17, 15) is 13.6 Å². The topological polar surface area (TPSA) is 41.6 Å². The first-order valence-electron chi connectivity index (χ1n) is 7.95. The van der Waals surface area contributed by atoms with Crippen LogP contribution in [-0.2, 0) is 11.3 Å². The Morgan fingerprint density at radius 1 is 1.35 bits per heavy atom. The second-order valence-electron chi connectivity index (χ2n) is 6.60. The van der Waals surface area contributed by atoms with E-state index in [4.69, 9.17) is 4.74 Å². The summed E-state index contributed by atoms with van der Waals surface area (Å²) in [7, 11) is 1.59. The number of carbonyl (C=O) groups is 1. The number of amides is 1. The summed E-state index contributed by atoms with van der Waals surface area (Å²) in [5, 5.41) is 2.75. The molecule has 23 heavy (non-hydrogen) atoms. The number of hydrogen-bond acceptors (Lipinski definition) is 3. The van der Waals surface area contributed by atoms with Crippen LogP contribution in [0, 0.1) is 5.41 Å². The molecule has 2 aliphatic heterocycles. The van der Waals surface area contributed by atoms with E-state index in [-0.39, 0.29) is 18.9 Å². The van der Waals surface area contributed by atoms with Crippen LogP contribution < -0.4 is 10.1 Å². The SMILES string of the molecule is COc1cccc(CN2CCCC3(CNCC(F)(F)C3)C2=O)c1. The van der Waals surface area contributed by atoms with Crippen LogP contribution in [0.1, 0.15) is 24.8 Å². The molecule has 3 rings (SSSR count). The Labute approximate surface area is 134 Å². The highest BCUT2D eigenvalue weighted by atomic mass is 19.3. The molecule has 2 aliphatic rings. The molecule has 6 heteroatoms. The summed E-state index contributed by atoms with van der Waals surface area (Å²) in [5.41, 5.74) is -0.0101. The van der Waals surface area contributed by atoms with Crippen molar-refractivity contribution in [3.05, 3.63) is 29.8 Å². The Kier molecular flexibility index (Phi) is 4.27. The normalized spacial score (nSPS) is 27.3. The van der Waals surface area contributed by atoms with Gasteiger partial charge in [0, 0.05) is 26.1 Å². The zero-order chi connectivity index (χ0) is 16.5. The number of carbonyl (C=O) groups excluding carboxylic acids is 1. The van der Waals surface area contributed by atoms with E-state index in [1.807, 2.05) is 24.3 Å². The van der Waals surface area contributed by atoms with Crippen molar-refractivity contribution < 1.29 is 18.3 Å². The molecule has 0 aromatic heterocycles. The molecule has 0 saturated carbocycles. The first-order valence-corrected chi connectivity index (χ1v) is 7.95. The lowest BCUT2D eigenvalue weighted by molar-refractivity contribution is -0.159. The largest absolute Gasteiger partial charge is 0.497 e. The number of likely N-dealkylation sites (tertiary alicyclic amines) is 1. The van der Waals surface area contributed by atoms with E-state index in [0.717, 1.165) is 17.7 Å². The van der Waals surface area contributed by atoms with E-state index in [1.165, 1.54) is 0 Å². The first kappa shape index (κ1) is 16.2. The van der Waals surface area contributed by atoms with Crippen LogP contribution in [0.25, 0.3) is 0 Å². The summed E-state index contributed by atoms with van der Waals surface area (Å²) in [5.74, 6) is -2.24. The van der Waals surface area contributed by atoms with Gasteiger partial charge >= 0.3 is 0 Å². The van der Waals surface area contributed by atoms with Crippen molar-refractivity contribution in [3.8, 4) is 5.75 Å². The number of rotatable bonds is 3. The molecular formula is C17H22F2N2O2. The second-order valence-corrected chi connectivity index (χ2v) is 6.60. The quantitative estimate of drug-likeness (QED) is 0.928. The van der Waals surface area contributed by atoms with Crippen molar-refractivity contribution in [1.82, 2.24) is 10.2 Å². The van der Waals surface area contributed by atoms with Gasteiger partial charge < -0.3 is 15.0 Å². The smallest absolute Gasteiger partial charge is 0.261 e. The lowest BCUT2D eigenvalue weighted by Gasteiger charge is -2.46. The molecule has 1 atom stereocenters. The van der Waals surface area contributed by atoms with Gasteiger partial charge in [-0.3, -0.25) is 4.79 Å². The Balaban J connectivity index is 1.77. The highest BCUT2D eigenvalue weighted by molar-refractivity contribution is 5.84. The lowest BCUT2D eigenvalue weighted by atomic mass is 9.72. The lowest BCUT2D eigenvalue weighted by Crippen LogP contribution is -2.59.